The fraction of sp³-hybridized carbons (Fsp3) is 0.143. The van der Waals surface area contributed by atoms with Gasteiger partial charge in [0.05, 0.1) is 24.0 Å². The molecule has 13 nitrogen and oxygen atoms in total. The Morgan fingerprint density at radius 1 is 0.261 bits per heavy atom. The summed E-state index contributed by atoms with van der Waals surface area (Å²) >= 11 is 0. The average molecular weight is 925 g/mol. The number of benzene rings is 8. The Morgan fingerprint density at radius 3 is 1.03 bits per heavy atom. The maximum absolute atomic E-state index is 11.8. The Kier molecular flexibility index (Phi) is 10.3. The van der Waals surface area contributed by atoms with Crippen LogP contribution < -0.4 is 9.47 Å². The number of phenolic OH excluding ortho intramolecular Hbond substituents is 10. The van der Waals surface area contributed by atoms with Crippen LogP contribution in [0.15, 0.2) is 158 Å². The minimum absolute atomic E-state index is 0.00798. The van der Waals surface area contributed by atoms with E-state index < -0.39 is 48.1 Å². The van der Waals surface area contributed by atoms with Crippen molar-refractivity contribution in [3.8, 4) is 69.0 Å². The lowest BCUT2D eigenvalue weighted by Crippen LogP contribution is -2.19. The lowest BCUT2D eigenvalue weighted by molar-refractivity contribution is 0.0366. The average Bonchev–Trinajstić information content (AvgIpc) is 4.01. The van der Waals surface area contributed by atoms with E-state index in [-0.39, 0.29) is 63.2 Å². The van der Waals surface area contributed by atoms with Crippen LogP contribution >= 0.6 is 0 Å². The van der Waals surface area contributed by atoms with Gasteiger partial charge in [-0.05, 0) is 129 Å². The summed E-state index contributed by atoms with van der Waals surface area (Å²) in [6.45, 7) is 0. The normalized spacial score (nSPS) is 22.4. The highest BCUT2D eigenvalue weighted by atomic mass is 16.5. The van der Waals surface area contributed by atoms with Gasteiger partial charge >= 0.3 is 0 Å². The second kappa shape index (κ2) is 16.6. The van der Waals surface area contributed by atoms with Crippen molar-refractivity contribution in [2.75, 3.05) is 0 Å². The summed E-state index contributed by atoms with van der Waals surface area (Å²) in [6, 6.07) is 40.9. The van der Waals surface area contributed by atoms with Gasteiger partial charge in [-0.25, -0.2) is 0 Å². The SMILES string of the molecule is Oc1ccc(C2Oc3cc(O)cc(C4c5c(cc(O)cc5C5C(c6ccc(O)cc6)OC(c6ccc(O)cc6)C5c5cc(O)cc(O)c5)OC4c4ccc(O)cc4)c3C2c2cc(O)cc(O)c2)cc1. The monoisotopic (exact) mass is 924 g/mol. The Bertz CT molecular complexity index is 3200. The standard InChI is InChI=1S/C56H44O13/c57-33-9-1-27(2-10-33)53-47(31-17-37(61)21-38(62)18-31)49-43(23-41(65)25-45(49)67-53)52-50-44(24-42(66)26-46(50)68-55(52)29-5-13-35(59)14-6-29)51-48(32-19-39(63)22-40(64)20-32)54(28-3-11-34(58)12-4-28)69-56(51)30-7-15-36(60)16-8-30/h1-26,47-48,51-66H. The zero-order valence-electron chi connectivity index (χ0n) is 36.3. The molecule has 8 unspecified atom stereocenters. The summed E-state index contributed by atoms with van der Waals surface area (Å²) < 4.78 is 20.9. The Labute approximate surface area is 394 Å². The molecular weight excluding hydrogens is 881 g/mol. The van der Waals surface area contributed by atoms with E-state index in [4.69, 9.17) is 14.2 Å². The van der Waals surface area contributed by atoms with Crippen molar-refractivity contribution >= 4 is 0 Å². The van der Waals surface area contributed by atoms with Crippen molar-refractivity contribution in [2.24, 2.45) is 0 Å². The van der Waals surface area contributed by atoms with Crippen molar-refractivity contribution in [3.05, 3.63) is 213 Å². The van der Waals surface area contributed by atoms with E-state index in [1.807, 2.05) is 0 Å². The highest BCUT2D eigenvalue weighted by Crippen LogP contribution is 2.65. The molecule has 13 heteroatoms. The number of hydrogen-bond acceptors (Lipinski definition) is 13. The van der Waals surface area contributed by atoms with Gasteiger partial charge in [-0.2, -0.15) is 0 Å². The van der Waals surface area contributed by atoms with Crippen LogP contribution in [0, 0.1) is 0 Å². The van der Waals surface area contributed by atoms with Crippen LogP contribution in [-0.2, 0) is 4.74 Å². The molecule has 3 aliphatic rings. The quantitative estimate of drug-likeness (QED) is 0.0685. The van der Waals surface area contributed by atoms with E-state index in [0.29, 0.717) is 61.4 Å². The number of rotatable bonds is 8. The van der Waals surface area contributed by atoms with Crippen molar-refractivity contribution in [1.29, 1.82) is 0 Å². The maximum Gasteiger partial charge on any atom is 0.135 e. The molecule has 0 spiro atoms. The third kappa shape index (κ3) is 7.68. The molecule has 1 saturated heterocycles. The first-order valence-electron chi connectivity index (χ1n) is 22.2. The van der Waals surface area contributed by atoms with Crippen LogP contribution in [0.3, 0.4) is 0 Å². The third-order valence-corrected chi connectivity index (χ3v) is 13.6. The maximum atomic E-state index is 11.8. The molecule has 3 aliphatic heterocycles. The summed E-state index contributed by atoms with van der Waals surface area (Å²) in [5, 5.41) is 109. The predicted octanol–water partition coefficient (Wildman–Crippen LogP) is 10.7. The van der Waals surface area contributed by atoms with Gasteiger partial charge in [0.1, 0.15) is 81.2 Å². The first-order chi connectivity index (χ1) is 33.3. The molecule has 8 aromatic rings. The van der Waals surface area contributed by atoms with Crippen LogP contribution in [0.1, 0.15) is 104 Å². The van der Waals surface area contributed by atoms with E-state index in [1.165, 1.54) is 72.8 Å². The van der Waals surface area contributed by atoms with Crippen molar-refractivity contribution in [3.63, 3.8) is 0 Å². The number of phenols is 10. The molecule has 0 aliphatic carbocycles. The Morgan fingerprint density at radius 2 is 0.594 bits per heavy atom. The van der Waals surface area contributed by atoms with E-state index in [2.05, 4.69) is 0 Å². The van der Waals surface area contributed by atoms with Gasteiger partial charge in [-0.3, -0.25) is 0 Å². The van der Waals surface area contributed by atoms with Gasteiger partial charge in [0.15, 0.2) is 0 Å². The van der Waals surface area contributed by atoms with Gasteiger partial charge in [0.25, 0.3) is 0 Å². The highest BCUT2D eigenvalue weighted by molar-refractivity contribution is 5.65. The second-order valence-corrected chi connectivity index (χ2v) is 17.9. The van der Waals surface area contributed by atoms with Crippen LogP contribution in [0.5, 0.6) is 69.0 Å². The summed E-state index contributed by atoms with van der Waals surface area (Å²) in [4.78, 5) is 0. The van der Waals surface area contributed by atoms with Crippen LogP contribution in [0.2, 0.25) is 0 Å². The molecule has 8 atom stereocenters. The number of fused-ring (bicyclic) bond motifs is 2. The highest BCUT2D eigenvalue weighted by Gasteiger charge is 2.52. The van der Waals surface area contributed by atoms with Crippen molar-refractivity contribution in [1.82, 2.24) is 0 Å². The summed E-state index contributed by atoms with van der Waals surface area (Å²) in [5.41, 5.74) is 5.70. The number of aromatic hydroxyl groups is 10. The summed E-state index contributed by atoms with van der Waals surface area (Å²) in [6.07, 6.45) is -3.37. The molecule has 0 radical (unpaired) electrons. The fourth-order valence-corrected chi connectivity index (χ4v) is 10.8. The molecule has 11 rings (SSSR count). The number of ether oxygens (including phenoxy) is 3. The molecule has 69 heavy (non-hydrogen) atoms. The molecule has 10 N–H and O–H groups in total. The van der Waals surface area contributed by atoms with Gasteiger partial charge in [-0.15, -0.1) is 0 Å². The fourth-order valence-electron chi connectivity index (χ4n) is 10.8. The van der Waals surface area contributed by atoms with E-state index in [0.717, 1.165) is 0 Å². The van der Waals surface area contributed by atoms with E-state index in [1.54, 1.807) is 84.9 Å². The largest absolute Gasteiger partial charge is 0.508 e. The summed E-state index contributed by atoms with van der Waals surface area (Å²) in [7, 11) is 0. The smallest absolute Gasteiger partial charge is 0.135 e. The third-order valence-electron chi connectivity index (χ3n) is 13.6. The number of hydrogen-bond donors (Lipinski definition) is 10. The topological polar surface area (TPSA) is 230 Å². The van der Waals surface area contributed by atoms with Crippen molar-refractivity contribution < 1.29 is 65.3 Å². The van der Waals surface area contributed by atoms with Gasteiger partial charge < -0.3 is 65.3 Å². The lowest BCUT2D eigenvalue weighted by Gasteiger charge is -2.30. The zero-order chi connectivity index (χ0) is 47.8. The molecule has 0 saturated carbocycles. The van der Waals surface area contributed by atoms with Crippen molar-refractivity contribution in [2.45, 2.75) is 48.1 Å². The molecule has 0 aromatic heterocycles. The minimum Gasteiger partial charge on any atom is -0.508 e. The predicted molar refractivity (Wildman–Crippen MR) is 251 cm³/mol. The van der Waals surface area contributed by atoms with Crippen LogP contribution in [0.25, 0.3) is 0 Å². The Hall–Kier alpha value is -8.68. The molecule has 1 fully saturated rings. The zero-order valence-corrected chi connectivity index (χ0v) is 36.3. The molecule has 0 bridgehead atoms. The van der Waals surface area contributed by atoms with Gasteiger partial charge in [0.2, 0.25) is 0 Å². The van der Waals surface area contributed by atoms with E-state index >= 15 is 0 Å². The minimum atomic E-state index is -0.899. The molecule has 8 aromatic carbocycles. The van der Waals surface area contributed by atoms with E-state index in [9.17, 15) is 51.1 Å². The summed E-state index contributed by atoms with van der Waals surface area (Å²) in [5.74, 6) is -3.64. The van der Waals surface area contributed by atoms with Gasteiger partial charge in [0, 0.05) is 47.2 Å². The first-order valence-corrected chi connectivity index (χ1v) is 22.2. The molecule has 0 amide bonds. The second-order valence-electron chi connectivity index (χ2n) is 17.9. The Balaban J connectivity index is 1.20. The molecule has 3 heterocycles. The lowest BCUT2D eigenvalue weighted by atomic mass is 9.70. The van der Waals surface area contributed by atoms with Crippen LogP contribution in [-0.4, -0.2) is 51.1 Å². The molecule has 346 valence electrons. The van der Waals surface area contributed by atoms with Crippen LogP contribution in [0.4, 0.5) is 0 Å². The first kappa shape index (κ1) is 42.9. The molecular formula is C56H44O13. The van der Waals surface area contributed by atoms with Gasteiger partial charge in [-0.1, -0.05) is 48.5 Å².